The second kappa shape index (κ2) is 5.47. The molecule has 0 bridgehead atoms. The predicted molar refractivity (Wildman–Crippen MR) is 83.8 cm³/mol. The zero-order chi connectivity index (χ0) is 15.0. The van der Waals surface area contributed by atoms with Gasteiger partial charge in [0.05, 0.1) is 5.02 Å². The van der Waals surface area contributed by atoms with Gasteiger partial charge in [-0.1, -0.05) is 47.5 Å². The van der Waals surface area contributed by atoms with Crippen LogP contribution in [0.2, 0.25) is 10.0 Å². The molecule has 4 heteroatoms. The fourth-order valence-corrected chi connectivity index (χ4v) is 2.65. The third-order valence-corrected chi connectivity index (χ3v) is 3.85. The van der Waals surface area contributed by atoms with Gasteiger partial charge >= 0.3 is 0 Å². The van der Waals surface area contributed by atoms with Gasteiger partial charge < -0.3 is 0 Å². The average Bonchev–Trinajstić information content (AvgIpc) is 2.50. The Labute approximate surface area is 130 Å². The summed E-state index contributed by atoms with van der Waals surface area (Å²) < 4.78 is 13.8. The zero-order valence-electron chi connectivity index (χ0n) is 10.7. The molecule has 0 atom stereocenters. The Bertz CT molecular complexity index is 859. The number of carbonyl (C=O) groups excluding carboxylic acids is 1. The number of ketones is 1. The summed E-state index contributed by atoms with van der Waals surface area (Å²) in [4.78, 5) is 12.7. The molecule has 0 heterocycles. The van der Waals surface area contributed by atoms with E-state index in [-0.39, 0.29) is 11.6 Å². The lowest BCUT2D eigenvalue weighted by atomic mass is 9.97. The molecule has 0 aliphatic carbocycles. The number of carbonyl (C=O) groups is 1. The Hall–Kier alpha value is -1.90. The molecule has 0 unspecified atom stereocenters. The molecular formula is C17H9Cl2FO. The largest absolute Gasteiger partial charge is 0.289 e. The lowest BCUT2D eigenvalue weighted by molar-refractivity contribution is 0.104. The van der Waals surface area contributed by atoms with Crippen LogP contribution in [0.15, 0.2) is 54.6 Å². The first-order valence-electron chi connectivity index (χ1n) is 6.25. The third kappa shape index (κ3) is 2.53. The van der Waals surface area contributed by atoms with Crippen molar-refractivity contribution in [1.82, 2.24) is 0 Å². The lowest BCUT2D eigenvalue weighted by Crippen LogP contribution is -2.03. The molecule has 0 aliphatic rings. The van der Waals surface area contributed by atoms with Crippen LogP contribution in [0.25, 0.3) is 10.8 Å². The van der Waals surface area contributed by atoms with Gasteiger partial charge in [-0.2, -0.15) is 0 Å². The van der Waals surface area contributed by atoms with E-state index in [1.54, 1.807) is 36.4 Å². The Morgan fingerprint density at radius 1 is 0.857 bits per heavy atom. The van der Waals surface area contributed by atoms with E-state index in [1.807, 2.05) is 0 Å². The quantitative estimate of drug-likeness (QED) is 0.569. The van der Waals surface area contributed by atoms with E-state index < -0.39 is 0 Å². The first kappa shape index (κ1) is 14.1. The normalized spacial score (nSPS) is 10.8. The molecule has 21 heavy (non-hydrogen) atoms. The summed E-state index contributed by atoms with van der Waals surface area (Å²) in [7, 11) is 0. The Morgan fingerprint density at radius 2 is 1.57 bits per heavy atom. The van der Waals surface area contributed by atoms with Gasteiger partial charge in [-0.15, -0.1) is 0 Å². The third-order valence-electron chi connectivity index (χ3n) is 3.29. The van der Waals surface area contributed by atoms with Gasteiger partial charge in [0, 0.05) is 21.5 Å². The van der Waals surface area contributed by atoms with E-state index in [9.17, 15) is 9.18 Å². The minimum absolute atomic E-state index is 0.279. The van der Waals surface area contributed by atoms with E-state index in [1.165, 1.54) is 18.2 Å². The molecule has 0 N–H and O–H groups in total. The number of hydrogen-bond donors (Lipinski definition) is 0. The Morgan fingerprint density at radius 3 is 2.33 bits per heavy atom. The van der Waals surface area contributed by atoms with Crippen molar-refractivity contribution in [2.45, 2.75) is 0 Å². The van der Waals surface area contributed by atoms with Crippen LogP contribution < -0.4 is 0 Å². The fraction of sp³-hybridized carbons (Fsp3) is 0. The van der Waals surface area contributed by atoms with Crippen molar-refractivity contribution in [2.24, 2.45) is 0 Å². The highest BCUT2D eigenvalue weighted by molar-refractivity contribution is 6.37. The Kier molecular flexibility index (Phi) is 3.66. The van der Waals surface area contributed by atoms with Crippen molar-refractivity contribution in [2.75, 3.05) is 0 Å². The molecule has 1 nitrogen and oxygen atoms in total. The van der Waals surface area contributed by atoms with E-state index >= 15 is 0 Å². The molecule has 0 radical (unpaired) electrons. The maximum atomic E-state index is 13.8. The molecular weight excluding hydrogens is 310 g/mol. The molecule has 0 saturated carbocycles. The van der Waals surface area contributed by atoms with Gasteiger partial charge in [-0.25, -0.2) is 4.39 Å². The summed E-state index contributed by atoms with van der Waals surface area (Å²) >= 11 is 12.0. The Balaban J connectivity index is 2.23. The van der Waals surface area contributed by atoms with E-state index in [4.69, 9.17) is 23.2 Å². The van der Waals surface area contributed by atoms with Crippen LogP contribution in [0, 0.1) is 5.82 Å². The summed E-state index contributed by atoms with van der Waals surface area (Å²) in [6, 6.07) is 14.3. The van der Waals surface area contributed by atoms with Crippen LogP contribution in [-0.4, -0.2) is 5.78 Å². The monoisotopic (exact) mass is 318 g/mol. The van der Waals surface area contributed by atoms with Gasteiger partial charge in [-0.3, -0.25) is 4.79 Å². The lowest BCUT2D eigenvalue weighted by Gasteiger charge is -2.08. The highest BCUT2D eigenvalue weighted by Gasteiger charge is 2.17. The van der Waals surface area contributed by atoms with Gasteiger partial charge in [0.1, 0.15) is 5.82 Å². The number of halogens is 3. The maximum Gasteiger partial charge on any atom is 0.195 e. The smallest absolute Gasteiger partial charge is 0.195 e. The van der Waals surface area contributed by atoms with E-state index in [0.717, 1.165) is 0 Å². The van der Waals surface area contributed by atoms with Crippen LogP contribution in [0.4, 0.5) is 4.39 Å². The molecule has 3 aromatic carbocycles. The molecule has 0 aromatic heterocycles. The molecule has 0 saturated heterocycles. The molecule has 0 aliphatic heterocycles. The van der Waals surface area contributed by atoms with Crippen molar-refractivity contribution in [3.8, 4) is 0 Å². The summed E-state index contributed by atoms with van der Waals surface area (Å²) in [5, 5.41) is 1.70. The molecule has 0 spiro atoms. The summed E-state index contributed by atoms with van der Waals surface area (Å²) in [6.45, 7) is 0. The number of fused-ring (bicyclic) bond motifs is 1. The maximum absolute atomic E-state index is 13.8. The summed E-state index contributed by atoms with van der Waals surface area (Å²) in [5.41, 5.74) is 0.706. The topological polar surface area (TPSA) is 17.1 Å². The molecule has 3 aromatic rings. The first-order valence-corrected chi connectivity index (χ1v) is 7.00. The van der Waals surface area contributed by atoms with Crippen LogP contribution in [0.1, 0.15) is 15.9 Å². The number of benzene rings is 3. The van der Waals surface area contributed by atoms with Crippen LogP contribution in [-0.2, 0) is 0 Å². The molecule has 104 valence electrons. The van der Waals surface area contributed by atoms with Crippen LogP contribution >= 0.6 is 23.2 Å². The van der Waals surface area contributed by atoms with Crippen molar-refractivity contribution in [3.63, 3.8) is 0 Å². The minimum Gasteiger partial charge on any atom is -0.289 e. The SMILES string of the molecule is O=C(c1cc(Cl)ccc1Cl)c1ccc(F)c2ccccc12. The van der Waals surface area contributed by atoms with Crippen molar-refractivity contribution in [1.29, 1.82) is 0 Å². The highest BCUT2D eigenvalue weighted by atomic mass is 35.5. The summed E-state index contributed by atoms with van der Waals surface area (Å²) in [5.74, 6) is -0.641. The zero-order valence-corrected chi connectivity index (χ0v) is 12.3. The van der Waals surface area contributed by atoms with Crippen LogP contribution in [0.5, 0.6) is 0 Å². The van der Waals surface area contributed by atoms with E-state index in [2.05, 4.69) is 0 Å². The molecule has 0 fully saturated rings. The first-order chi connectivity index (χ1) is 10.1. The second-order valence-corrected chi connectivity index (χ2v) is 5.44. The van der Waals surface area contributed by atoms with Crippen molar-refractivity contribution in [3.05, 3.63) is 81.6 Å². The van der Waals surface area contributed by atoms with Crippen LogP contribution in [0.3, 0.4) is 0 Å². The van der Waals surface area contributed by atoms with Gasteiger partial charge in [0.15, 0.2) is 5.78 Å². The molecule has 0 amide bonds. The number of hydrogen-bond acceptors (Lipinski definition) is 1. The standard InChI is InChI=1S/C17H9Cl2FO/c18-10-5-7-15(19)14(9-10)17(21)13-6-8-16(20)12-4-2-1-3-11(12)13/h1-9H. The average molecular weight is 319 g/mol. The second-order valence-electron chi connectivity index (χ2n) is 4.59. The van der Waals surface area contributed by atoms with E-state index in [0.29, 0.717) is 31.9 Å². The van der Waals surface area contributed by atoms with Gasteiger partial charge in [0.2, 0.25) is 0 Å². The predicted octanol–water partition coefficient (Wildman–Crippen LogP) is 5.52. The summed E-state index contributed by atoms with van der Waals surface area (Å²) in [6.07, 6.45) is 0. The fourth-order valence-electron chi connectivity index (χ4n) is 2.28. The minimum atomic E-state index is -0.362. The molecule has 3 rings (SSSR count). The van der Waals surface area contributed by atoms with Crippen molar-refractivity contribution >= 4 is 39.8 Å². The number of rotatable bonds is 2. The van der Waals surface area contributed by atoms with Gasteiger partial charge in [0.25, 0.3) is 0 Å². The van der Waals surface area contributed by atoms with Crippen molar-refractivity contribution < 1.29 is 9.18 Å². The highest BCUT2D eigenvalue weighted by Crippen LogP contribution is 2.28. The van der Waals surface area contributed by atoms with Gasteiger partial charge in [-0.05, 0) is 35.7 Å².